The first-order valence-electron chi connectivity index (χ1n) is 6.14. The van der Waals surface area contributed by atoms with Crippen LogP contribution in [0.1, 0.15) is 33.1 Å². The minimum absolute atomic E-state index is 0.867. The summed E-state index contributed by atoms with van der Waals surface area (Å²) in [5.74, 6) is 0. The van der Waals surface area contributed by atoms with E-state index in [9.17, 15) is 0 Å². The van der Waals surface area contributed by atoms with Gasteiger partial charge in [-0.2, -0.15) is 0 Å². The maximum Gasteiger partial charge on any atom is 0.0593 e. The normalized spacial score (nSPS) is 11.2. The van der Waals surface area contributed by atoms with Crippen LogP contribution in [0.2, 0.25) is 0 Å². The maximum atomic E-state index is 5.57. The summed E-state index contributed by atoms with van der Waals surface area (Å²) in [5.41, 5.74) is 0. The Morgan fingerprint density at radius 2 is 1.53 bits per heavy atom. The van der Waals surface area contributed by atoms with Gasteiger partial charge in [0.05, 0.1) is 6.61 Å². The lowest BCUT2D eigenvalue weighted by Gasteiger charge is -2.17. The van der Waals surface area contributed by atoms with E-state index in [1.165, 1.54) is 6.42 Å². The molecule has 15 heavy (non-hydrogen) atoms. The molecule has 92 valence electrons. The molecule has 0 saturated carbocycles. The molecule has 0 saturated heterocycles. The zero-order valence-corrected chi connectivity index (χ0v) is 10.6. The molecule has 0 atom stereocenters. The summed E-state index contributed by atoms with van der Waals surface area (Å²) >= 11 is 0. The molecule has 3 heteroatoms. The van der Waals surface area contributed by atoms with Crippen LogP contribution in [-0.4, -0.2) is 51.5 Å². The van der Waals surface area contributed by atoms with Crippen LogP contribution in [0, 0.1) is 0 Å². The van der Waals surface area contributed by atoms with Crippen LogP contribution in [-0.2, 0) is 9.47 Å². The molecular formula is C12H27NO2. The fourth-order valence-electron chi connectivity index (χ4n) is 1.46. The van der Waals surface area contributed by atoms with E-state index in [0.717, 1.165) is 52.3 Å². The van der Waals surface area contributed by atoms with E-state index in [1.54, 1.807) is 7.11 Å². The van der Waals surface area contributed by atoms with Crippen molar-refractivity contribution in [2.75, 3.05) is 46.6 Å². The minimum Gasteiger partial charge on any atom is -0.385 e. The monoisotopic (exact) mass is 217 g/mol. The Morgan fingerprint density at radius 3 is 2.13 bits per heavy atom. The summed E-state index contributed by atoms with van der Waals surface area (Å²) in [7, 11) is 1.75. The number of nitrogens with zero attached hydrogens (tertiary/aromatic N) is 1. The molecule has 0 aliphatic heterocycles. The number of methoxy groups -OCH3 is 1. The topological polar surface area (TPSA) is 21.7 Å². The SMILES string of the molecule is CCN(CC)CCOCCCCCOC. The van der Waals surface area contributed by atoms with Gasteiger partial charge in [0.2, 0.25) is 0 Å². The minimum atomic E-state index is 0.867. The number of rotatable bonds is 11. The highest BCUT2D eigenvalue weighted by atomic mass is 16.5. The molecular weight excluding hydrogens is 190 g/mol. The van der Waals surface area contributed by atoms with Crippen molar-refractivity contribution in [3.63, 3.8) is 0 Å². The number of ether oxygens (including phenoxy) is 2. The van der Waals surface area contributed by atoms with Gasteiger partial charge in [-0.05, 0) is 32.4 Å². The third kappa shape index (κ3) is 10.2. The molecule has 0 aromatic carbocycles. The van der Waals surface area contributed by atoms with Crippen LogP contribution in [0.4, 0.5) is 0 Å². The van der Waals surface area contributed by atoms with Gasteiger partial charge in [0, 0.05) is 26.9 Å². The van der Waals surface area contributed by atoms with Crippen molar-refractivity contribution in [1.82, 2.24) is 4.90 Å². The molecule has 0 fully saturated rings. The summed E-state index contributed by atoms with van der Waals surface area (Å²) in [6.07, 6.45) is 3.51. The van der Waals surface area contributed by atoms with Crippen molar-refractivity contribution in [2.24, 2.45) is 0 Å². The molecule has 0 radical (unpaired) electrons. The van der Waals surface area contributed by atoms with Crippen molar-refractivity contribution >= 4 is 0 Å². The van der Waals surface area contributed by atoms with Crippen molar-refractivity contribution in [3.05, 3.63) is 0 Å². The molecule has 0 aromatic heterocycles. The summed E-state index contributed by atoms with van der Waals surface area (Å²) < 4.78 is 10.5. The van der Waals surface area contributed by atoms with Crippen LogP contribution in [0.5, 0.6) is 0 Å². The molecule has 0 unspecified atom stereocenters. The lowest BCUT2D eigenvalue weighted by Crippen LogP contribution is -2.27. The van der Waals surface area contributed by atoms with Gasteiger partial charge in [0.1, 0.15) is 0 Å². The van der Waals surface area contributed by atoms with E-state index in [-0.39, 0.29) is 0 Å². The van der Waals surface area contributed by atoms with Gasteiger partial charge in [-0.3, -0.25) is 0 Å². The molecule has 0 bridgehead atoms. The van der Waals surface area contributed by atoms with Gasteiger partial charge >= 0.3 is 0 Å². The van der Waals surface area contributed by atoms with Gasteiger partial charge in [-0.1, -0.05) is 13.8 Å². The van der Waals surface area contributed by atoms with Crippen LogP contribution < -0.4 is 0 Å². The molecule has 0 aromatic rings. The second kappa shape index (κ2) is 12.0. The summed E-state index contributed by atoms with van der Waals surface area (Å²) in [4.78, 5) is 2.38. The molecule has 3 nitrogen and oxygen atoms in total. The van der Waals surface area contributed by atoms with Crippen LogP contribution in [0.25, 0.3) is 0 Å². The van der Waals surface area contributed by atoms with E-state index in [1.807, 2.05) is 0 Å². The first-order chi connectivity index (χ1) is 7.35. The predicted octanol–water partition coefficient (Wildman–Crippen LogP) is 2.16. The number of unbranched alkanes of at least 4 members (excludes halogenated alkanes) is 2. The second-order valence-corrected chi connectivity index (χ2v) is 3.69. The first-order valence-corrected chi connectivity index (χ1v) is 6.14. The van der Waals surface area contributed by atoms with Gasteiger partial charge < -0.3 is 14.4 Å². The fraction of sp³-hybridized carbons (Fsp3) is 1.00. The van der Waals surface area contributed by atoms with E-state index in [0.29, 0.717) is 0 Å². The Balaban J connectivity index is 3.04. The molecule has 0 heterocycles. The third-order valence-corrected chi connectivity index (χ3v) is 2.58. The largest absolute Gasteiger partial charge is 0.385 e. The van der Waals surface area contributed by atoms with E-state index in [4.69, 9.17) is 9.47 Å². The molecule has 0 rings (SSSR count). The van der Waals surface area contributed by atoms with E-state index < -0.39 is 0 Å². The average molecular weight is 217 g/mol. The summed E-state index contributed by atoms with van der Waals surface area (Å²) in [6, 6.07) is 0. The quantitative estimate of drug-likeness (QED) is 0.495. The zero-order valence-electron chi connectivity index (χ0n) is 10.6. The number of hydrogen-bond acceptors (Lipinski definition) is 3. The number of likely N-dealkylation sites (N-methyl/N-ethyl adjacent to an activating group) is 1. The van der Waals surface area contributed by atoms with Gasteiger partial charge in [-0.15, -0.1) is 0 Å². The Hall–Kier alpha value is -0.120. The first kappa shape index (κ1) is 14.9. The Bertz CT molecular complexity index is 116. The lowest BCUT2D eigenvalue weighted by atomic mass is 10.2. The Kier molecular flexibility index (Phi) is 11.9. The van der Waals surface area contributed by atoms with Crippen molar-refractivity contribution in [3.8, 4) is 0 Å². The zero-order chi connectivity index (χ0) is 11.4. The van der Waals surface area contributed by atoms with Crippen molar-refractivity contribution in [2.45, 2.75) is 33.1 Å². The molecule has 0 aliphatic rings. The van der Waals surface area contributed by atoms with Crippen LogP contribution in [0.3, 0.4) is 0 Å². The lowest BCUT2D eigenvalue weighted by molar-refractivity contribution is 0.102. The summed E-state index contributed by atoms with van der Waals surface area (Å²) in [5, 5.41) is 0. The van der Waals surface area contributed by atoms with Crippen molar-refractivity contribution in [1.29, 1.82) is 0 Å². The highest BCUT2D eigenvalue weighted by molar-refractivity contribution is 4.50. The highest BCUT2D eigenvalue weighted by Crippen LogP contribution is 1.96. The van der Waals surface area contributed by atoms with E-state index in [2.05, 4.69) is 18.7 Å². The Morgan fingerprint density at radius 1 is 0.867 bits per heavy atom. The van der Waals surface area contributed by atoms with E-state index >= 15 is 0 Å². The van der Waals surface area contributed by atoms with Crippen LogP contribution in [0.15, 0.2) is 0 Å². The standard InChI is InChI=1S/C12H27NO2/c1-4-13(5-2)9-12-15-11-8-6-7-10-14-3/h4-12H2,1-3H3. The van der Waals surface area contributed by atoms with Gasteiger partial charge in [-0.25, -0.2) is 0 Å². The van der Waals surface area contributed by atoms with Crippen LogP contribution >= 0.6 is 0 Å². The summed E-state index contributed by atoms with van der Waals surface area (Å²) in [6.45, 7) is 10.3. The van der Waals surface area contributed by atoms with Crippen molar-refractivity contribution < 1.29 is 9.47 Å². The highest BCUT2D eigenvalue weighted by Gasteiger charge is 1.97. The third-order valence-electron chi connectivity index (χ3n) is 2.58. The molecule has 0 N–H and O–H groups in total. The van der Waals surface area contributed by atoms with Gasteiger partial charge in [0.25, 0.3) is 0 Å². The Labute approximate surface area is 94.7 Å². The molecule has 0 amide bonds. The second-order valence-electron chi connectivity index (χ2n) is 3.69. The maximum absolute atomic E-state index is 5.57. The number of hydrogen-bond donors (Lipinski definition) is 0. The molecule has 0 aliphatic carbocycles. The molecule has 0 spiro atoms. The van der Waals surface area contributed by atoms with Gasteiger partial charge in [0.15, 0.2) is 0 Å². The smallest absolute Gasteiger partial charge is 0.0593 e. The predicted molar refractivity (Wildman–Crippen MR) is 64.3 cm³/mol. The fourth-order valence-corrected chi connectivity index (χ4v) is 1.46. The average Bonchev–Trinajstić information content (AvgIpc) is 2.27.